The van der Waals surface area contributed by atoms with Crippen LogP contribution in [0.5, 0.6) is 0 Å². The minimum absolute atomic E-state index is 0.119. The normalized spacial score (nSPS) is 10.4. The van der Waals surface area contributed by atoms with Gasteiger partial charge in [0.25, 0.3) is 0 Å². The third-order valence-corrected chi connectivity index (χ3v) is 2.75. The number of rotatable bonds is 4. The second kappa shape index (κ2) is 4.47. The van der Waals surface area contributed by atoms with Crippen molar-refractivity contribution in [3.8, 4) is 0 Å². The van der Waals surface area contributed by atoms with Gasteiger partial charge in [-0.3, -0.25) is 4.79 Å². The van der Waals surface area contributed by atoms with Gasteiger partial charge in [0.15, 0.2) is 5.78 Å². The van der Waals surface area contributed by atoms with Crippen molar-refractivity contribution >= 4 is 5.78 Å². The summed E-state index contributed by atoms with van der Waals surface area (Å²) in [5, 5.41) is 0. The van der Waals surface area contributed by atoms with E-state index < -0.39 is 0 Å². The van der Waals surface area contributed by atoms with E-state index in [1.165, 1.54) is 0 Å². The van der Waals surface area contributed by atoms with Crippen molar-refractivity contribution < 1.29 is 9.21 Å². The first-order valence-corrected chi connectivity index (χ1v) is 5.23. The Labute approximate surface area is 91.0 Å². The van der Waals surface area contributed by atoms with E-state index in [0.29, 0.717) is 6.42 Å². The van der Waals surface area contributed by atoms with Crippen molar-refractivity contribution in [1.29, 1.82) is 0 Å². The average Bonchev–Trinajstić information content (AvgIpc) is 2.41. The zero-order valence-corrected chi connectivity index (χ0v) is 9.94. The fraction of sp³-hybridized carbons (Fsp3) is 0.462. The van der Waals surface area contributed by atoms with Gasteiger partial charge in [-0.25, -0.2) is 0 Å². The molecule has 2 heteroatoms. The number of ketones is 1. The second-order valence-corrected chi connectivity index (χ2v) is 3.92. The predicted molar refractivity (Wildman–Crippen MR) is 61.3 cm³/mol. The zero-order valence-electron chi connectivity index (χ0n) is 9.94. The van der Waals surface area contributed by atoms with Crippen LogP contribution in [0.25, 0.3) is 0 Å². The van der Waals surface area contributed by atoms with E-state index in [1.54, 1.807) is 0 Å². The Kier molecular flexibility index (Phi) is 3.51. The van der Waals surface area contributed by atoms with Crippen molar-refractivity contribution in [2.24, 2.45) is 0 Å². The van der Waals surface area contributed by atoms with E-state index in [1.807, 2.05) is 27.7 Å². The van der Waals surface area contributed by atoms with Crippen LogP contribution in [0.4, 0.5) is 0 Å². The maximum Gasteiger partial charge on any atom is 0.170 e. The maximum atomic E-state index is 11.9. The van der Waals surface area contributed by atoms with Gasteiger partial charge in [-0.1, -0.05) is 19.1 Å². The lowest BCUT2D eigenvalue weighted by molar-refractivity contribution is 0.0990. The summed E-state index contributed by atoms with van der Waals surface area (Å²) in [5.41, 5.74) is 2.67. The van der Waals surface area contributed by atoms with Crippen LogP contribution >= 0.6 is 0 Å². The molecule has 0 saturated heterocycles. The third-order valence-electron chi connectivity index (χ3n) is 2.75. The van der Waals surface area contributed by atoms with Crippen molar-refractivity contribution in [2.45, 2.75) is 40.5 Å². The molecule has 0 radical (unpaired) electrons. The molecule has 82 valence electrons. The number of hydrogen-bond acceptors (Lipinski definition) is 2. The van der Waals surface area contributed by atoms with E-state index in [-0.39, 0.29) is 5.78 Å². The second-order valence-electron chi connectivity index (χ2n) is 3.92. The van der Waals surface area contributed by atoms with Crippen LogP contribution < -0.4 is 0 Å². The van der Waals surface area contributed by atoms with Gasteiger partial charge >= 0.3 is 0 Å². The van der Waals surface area contributed by atoms with Crippen LogP contribution in [0, 0.1) is 20.8 Å². The van der Waals surface area contributed by atoms with Gasteiger partial charge in [0.2, 0.25) is 0 Å². The molecule has 0 fully saturated rings. The molecule has 0 N–H and O–H groups in total. The van der Waals surface area contributed by atoms with Crippen molar-refractivity contribution in [3.63, 3.8) is 0 Å². The van der Waals surface area contributed by atoms with E-state index >= 15 is 0 Å². The van der Waals surface area contributed by atoms with Crippen LogP contribution in [0.2, 0.25) is 0 Å². The summed E-state index contributed by atoms with van der Waals surface area (Å²) >= 11 is 0. The predicted octanol–water partition coefficient (Wildman–Crippen LogP) is 3.74. The molecule has 0 atom stereocenters. The highest BCUT2D eigenvalue weighted by molar-refractivity contribution is 5.99. The fourth-order valence-corrected chi connectivity index (χ4v) is 1.64. The summed E-state index contributed by atoms with van der Waals surface area (Å²) in [6, 6.07) is 0. The molecule has 0 aliphatic heterocycles. The van der Waals surface area contributed by atoms with Crippen LogP contribution in [0.1, 0.15) is 47.2 Å². The molecule has 1 heterocycles. The molecule has 15 heavy (non-hydrogen) atoms. The molecule has 0 amide bonds. The lowest BCUT2D eigenvalue weighted by atomic mass is 9.99. The molecule has 1 rings (SSSR count). The highest BCUT2D eigenvalue weighted by Gasteiger charge is 2.18. The summed E-state index contributed by atoms with van der Waals surface area (Å²) in [5.74, 6) is 1.67. The maximum absolute atomic E-state index is 11.9. The molecule has 0 saturated carbocycles. The Morgan fingerprint density at radius 2 is 1.87 bits per heavy atom. The summed E-state index contributed by atoms with van der Waals surface area (Å²) in [7, 11) is 0. The Bertz CT molecular complexity index is 397. The van der Waals surface area contributed by atoms with Crippen molar-refractivity contribution in [1.82, 2.24) is 0 Å². The van der Waals surface area contributed by atoms with Crippen molar-refractivity contribution in [3.05, 3.63) is 34.8 Å². The number of allylic oxidation sites excluding steroid dienone is 1. The molecular weight excluding hydrogens is 188 g/mol. The first kappa shape index (κ1) is 11.8. The number of carbonyl (C=O) groups is 1. The van der Waals surface area contributed by atoms with Gasteiger partial charge in [0.05, 0.1) is 5.56 Å². The van der Waals surface area contributed by atoms with E-state index in [4.69, 9.17) is 4.42 Å². The zero-order chi connectivity index (χ0) is 11.6. The molecule has 1 aromatic heterocycles. The smallest absolute Gasteiger partial charge is 0.170 e. The molecule has 0 spiro atoms. The quantitative estimate of drug-likeness (QED) is 0.555. The fourth-order valence-electron chi connectivity index (χ4n) is 1.64. The van der Waals surface area contributed by atoms with Crippen LogP contribution in [-0.2, 0) is 0 Å². The first-order valence-electron chi connectivity index (χ1n) is 5.23. The van der Waals surface area contributed by atoms with Gasteiger partial charge in [-0.2, -0.15) is 0 Å². The average molecular weight is 206 g/mol. The highest BCUT2D eigenvalue weighted by atomic mass is 16.3. The lowest BCUT2D eigenvalue weighted by Gasteiger charge is -2.02. The molecule has 0 aliphatic carbocycles. The Balaban J connectivity index is 2.96. The lowest BCUT2D eigenvalue weighted by Crippen LogP contribution is -2.02. The van der Waals surface area contributed by atoms with Gasteiger partial charge in [-0.15, -0.1) is 0 Å². The minimum Gasteiger partial charge on any atom is -0.466 e. The van der Waals surface area contributed by atoms with Crippen LogP contribution in [0.15, 0.2) is 16.6 Å². The highest BCUT2D eigenvalue weighted by Crippen LogP contribution is 2.23. The SMILES string of the molecule is C=C(CC)CC(=O)c1c(C)oc(C)c1C. The van der Waals surface area contributed by atoms with Gasteiger partial charge in [0, 0.05) is 12.0 Å². The van der Waals surface area contributed by atoms with Crippen LogP contribution in [0.3, 0.4) is 0 Å². The van der Waals surface area contributed by atoms with E-state index in [0.717, 1.165) is 34.6 Å². The van der Waals surface area contributed by atoms with E-state index in [9.17, 15) is 4.79 Å². The summed E-state index contributed by atoms with van der Waals surface area (Å²) in [6.45, 7) is 11.5. The molecule has 0 aromatic carbocycles. The number of Topliss-reactive ketones (excluding diaryl/α,β-unsaturated/α-hetero) is 1. The minimum atomic E-state index is 0.119. The summed E-state index contributed by atoms with van der Waals surface area (Å²) in [4.78, 5) is 11.9. The number of hydrogen-bond donors (Lipinski definition) is 0. The largest absolute Gasteiger partial charge is 0.466 e. The summed E-state index contributed by atoms with van der Waals surface area (Å²) < 4.78 is 5.43. The monoisotopic (exact) mass is 206 g/mol. The Morgan fingerprint density at radius 1 is 1.27 bits per heavy atom. The van der Waals surface area contributed by atoms with Gasteiger partial charge < -0.3 is 4.42 Å². The summed E-state index contributed by atoms with van der Waals surface area (Å²) in [6.07, 6.45) is 1.28. The number of furan rings is 1. The number of carbonyl (C=O) groups excluding carboxylic acids is 1. The first-order chi connectivity index (χ1) is 6.97. The Hall–Kier alpha value is -1.31. The van der Waals surface area contributed by atoms with Gasteiger partial charge in [-0.05, 0) is 27.2 Å². The topological polar surface area (TPSA) is 30.2 Å². The molecule has 0 unspecified atom stereocenters. The molecule has 0 aliphatic rings. The van der Waals surface area contributed by atoms with E-state index in [2.05, 4.69) is 6.58 Å². The van der Waals surface area contributed by atoms with Crippen LogP contribution in [-0.4, -0.2) is 5.78 Å². The molecule has 2 nitrogen and oxygen atoms in total. The molecule has 0 bridgehead atoms. The standard InChI is InChI=1S/C13H18O2/c1-6-8(2)7-12(14)13-9(3)10(4)15-11(13)5/h2,6-7H2,1,3-5H3. The third kappa shape index (κ3) is 2.38. The van der Waals surface area contributed by atoms with Crippen molar-refractivity contribution in [2.75, 3.05) is 0 Å². The van der Waals surface area contributed by atoms with Gasteiger partial charge in [0.1, 0.15) is 11.5 Å². The molecular formula is C13H18O2. The Morgan fingerprint density at radius 3 is 2.27 bits per heavy atom. The number of aryl methyl sites for hydroxylation is 2. The molecule has 1 aromatic rings.